The fraction of sp³-hybridized carbons (Fsp3) is 0.231. The van der Waals surface area contributed by atoms with E-state index in [1.165, 1.54) is 24.3 Å². The van der Waals surface area contributed by atoms with Crippen LogP contribution in [0, 0.1) is 0 Å². The maximum absolute atomic E-state index is 12.8. The molecular weight excluding hydrogens is 488 g/mol. The molecular formula is C26H24O11. The summed E-state index contributed by atoms with van der Waals surface area (Å²) in [5, 5.41) is 49.1. The van der Waals surface area contributed by atoms with Crippen LogP contribution in [0.4, 0.5) is 0 Å². The van der Waals surface area contributed by atoms with Gasteiger partial charge in [-0.05, 0) is 30.3 Å². The molecule has 194 valence electrons. The first-order valence-electron chi connectivity index (χ1n) is 11.0. The highest BCUT2D eigenvalue weighted by Gasteiger charge is 2.49. The minimum atomic E-state index is -1.83. The van der Waals surface area contributed by atoms with Crippen molar-refractivity contribution in [2.24, 2.45) is 0 Å². The molecule has 1 unspecified atom stereocenters. The fourth-order valence-corrected chi connectivity index (χ4v) is 4.56. The van der Waals surface area contributed by atoms with Gasteiger partial charge >= 0.3 is 11.9 Å². The van der Waals surface area contributed by atoms with Gasteiger partial charge in [0.2, 0.25) is 6.29 Å². The number of carboxylic acid groups (broad SMARTS) is 1. The zero-order valence-corrected chi connectivity index (χ0v) is 19.1. The quantitative estimate of drug-likeness (QED) is 0.297. The highest BCUT2D eigenvalue weighted by molar-refractivity contribution is 5.96. The molecule has 1 fully saturated rings. The molecule has 3 aromatic carbocycles. The van der Waals surface area contributed by atoms with Crippen LogP contribution in [0.2, 0.25) is 0 Å². The Morgan fingerprint density at radius 1 is 0.838 bits per heavy atom. The number of carbonyl (C=O) groups is 2. The summed E-state index contributed by atoms with van der Waals surface area (Å²) in [5.74, 6) is -1.82. The second kappa shape index (κ2) is 9.81. The van der Waals surface area contributed by atoms with Crippen molar-refractivity contribution >= 4 is 11.9 Å². The Balaban J connectivity index is 0.00000320. The molecule has 0 aromatic heterocycles. The third-order valence-electron chi connectivity index (χ3n) is 6.37. The summed E-state index contributed by atoms with van der Waals surface area (Å²) in [6.07, 6.45) is -8.69. The summed E-state index contributed by atoms with van der Waals surface area (Å²) in [6.45, 7) is 0. The first-order valence-corrected chi connectivity index (χ1v) is 11.0. The van der Waals surface area contributed by atoms with Gasteiger partial charge in [-0.3, -0.25) is 0 Å². The number of carbonyl (C=O) groups excluding carboxylic acids is 1. The molecule has 0 radical (unpaired) electrons. The molecule has 37 heavy (non-hydrogen) atoms. The van der Waals surface area contributed by atoms with Crippen LogP contribution in [-0.4, -0.2) is 73.7 Å². The molecule has 1 saturated heterocycles. The number of ether oxygens (including phenoxy) is 3. The van der Waals surface area contributed by atoms with Crippen molar-refractivity contribution in [3.8, 4) is 11.5 Å². The maximum atomic E-state index is 12.8. The topological polar surface area (TPSA) is 194 Å². The monoisotopic (exact) mass is 512 g/mol. The van der Waals surface area contributed by atoms with E-state index in [1.807, 2.05) is 0 Å². The third kappa shape index (κ3) is 4.28. The molecule has 5 rings (SSSR count). The number of rotatable bonds is 5. The van der Waals surface area contributed by atoms with Gasteiger partial charge in [-0.15, -0.1) is 0 Å². The Morgan fingerprint density at radius 2 is 1.43 bits per heavy atom. The minimum Gasteiger partial charge on any atom is -0.508 e. The van der Waals surface area contributed by atoms with Gasteiger partial charge in [-0.2, -0.15) is 0 Å². The van der Waals surface area contributed by atoms with E-state index in [1.54, 1.807) is 48.5 Å². The van der Waals surface area contributed by atoms with Gasteiger partial charge in [0.25, 0.3) is 0 Å². The van der Waals surface area contributed by atoms with Crippen molar-refractivity contribution in [2.75, 3.05) is 0 Å². The molecule has 0 aliphatic carbocycles. The molecule has 7 N–H and O–H groups in total. The molecule has 2 aliphatic heterocycles. The lowest BCUT2D eigenvalue weighted by Gasteiger charge is -2.38. The largest absolute Gasteiger partial charge is 0.508 e. The number of carboxylic acids is 1. The lowest BCUT2D eigenvalue weighted by Crippen LogP contribution is -2.61. The molecule has 11 nitrogen and oxygen atoms in total. The number of fused-ring (bicyclic) bond motifs is 1. The van der Waals surface area contributed by atoms with E-state index >= 15 is 0 Å². The van der Waals surface area contributed by atoms with Crippen molar-refractivity contribution in [1.29, 1.82) is 0 Å². The lowest BCUT2D eigenvalue weighted by molar-refractivity contribution is -0.271. The van der Waals surface area contributed by atoms with Gasteiger partial charge in [0, 0.05) is 16.7 Å². The summed E-state index contributed by atoms with van der Waals surface area (Å²) in [7, 11) is 0. The van der Waals surface area contributed by atoms with Crippen LogP contribution in [0.3, 0.4) is 0 Å². The molecule has 0 bridgehead atoms. The molecule has 0 amide bonds. The van der Waals surface area contributed by atoms with Crippen molar-refractivity contribution < 1.29 is 54.8 Å². The summed E-state index contributed by atoms with van der Waals surface area (Å²) in [6, 6.07) is 19.5. The smallest absolute Gasteiger partial charge is 0.340 e. The van der Waals surface area contributed by atoms with Gasteiger partial charge in [0.1, 0.15) is 29.8 Å². The Hall–Kier alpha value is -4.00. The van der Waals surface area contributed by atoms with Gasteiger partial charge in [0.05, 0.1) is 5.56 Å². The van der Waals surface area contributed by atoms with Gasteiger partial charge in [0.15, 0.2) is 11.7 Å². The highest BCUT2D eigenvalue weighted by atomic mass is 16.7. The number of aliphatic hydroxyl groups is 3. The van der Waals surface area contributed by atoms with E-state index in [0.717, 1.165) is 0 Å². The average Bonchev–Trinajstić information content (AvgIpc) is 3.18. The number of cyclic esters (lactones) is 1. The average molecular weight is 512 g/mol. The van der Waals surface area contributed by atoms with E-state index in [2.05, 4.69) is 0 Å². The first kappa shape index (κ1) is 26.1. The van der Waals surface area contributed by atoms with Crippen molar-refractivity contribution in [3.05, 3.63) is 95.1 Å². The van der Waals surface area contributed by atoms with Crippen molar-refractivity contribution in [1.82, 2.24) is 0 Å². The van der Waals surface area contributed by atoms with Gasteiger partial charge in [-0.25, -0.2) is 9.59 Å². The molecule has 6 atom stereocenters. The number of phenolic OH excluding ortho intramolecular Hbond substituents is 1. The maximum Gasteiger partial charge on any atom is 0.340 e. The van der Waals surface area contributed by atoms with Crippen LogP contribution >= 0.6 is 0 Å². The SMILES string of the molecule is O.O=C1OC(c2ccc(O)cc2)(c2ccc(O[C@@H]3O[C@H](C(=O)O)[C@@H](O)[C@H](O)[C@H]3O)cc2)c2ccccc21. The predicted octanol–water partition coefficient (Wildman–Crippen LogP) is 0.301. The Kier molecular flexibility index (Phi) is 6.91. The number of benzene rings is 3. The number of aliphatic hydroxyl groups excluding tert-OH is 3. The third-order valence-corrected chi connectivity index (χ3v) is 6.37. The Morgan fingerprint density at radius 3 is 2.05 bits per heavy atom. The van der Waals surface area contributed by atoms with Crippen LogP contribution in [0.5, 0.6) is 11.5 Å². The number of hydrogen-bond donors (Lipinski definition) is 5. The zero-order chi connectivity index (χ0) is 25.6. The second-order valence-electron chi connectivity index (χ2n) is 8.54. The molecule has 2 aliphatic rings. The van der Waals surface area contributed by atoms with Crippen LogP contribution in [0.25, 0.3) is 0 Å². The normalized spacial score (nSPS) is 28.5. The number of esters is 1. The zero-order valence-electron chi connectivity index (χ0n) is 19.1. The van der Waals surface area contributed by atoms with Crippen LogP contribution in [0.1, 0.15) is 27.0 Å². The number of aliphatic carboxylic acids is 1. The van der Waals surface area contributed by atoms with Crippen LogP contribution in [0.15, 0.2) is 72.8 Å². The summed E-state index contributed by atoms with van der Waals surface area (Å²) in [4.78, 5) is 24.1. The number of hydrogen-bond acceptors (Lipinski definition) is 9. The molecule has 0 spiro atoms. The second-order valence-corrected chi connectivity index (χ2v) is 8.54. The summed E-state index contributed by atoms with van der Waals surface area (Å²) in [5.41, 5.74) is 0.858. The van der Waals surface area contributed by atoms with E-state index in [-0.39, 0.29) is 17.0 Å². The van der Waals surface area contributed by atoms with Crippen LogP contribution in [-0.2, 0) is 19.9 Å². The molecule has 2 heterocycles. The lowest BCUT2D eigenvalue weighted by atomic mass is 9.80. The minimum absolute atomic E-state index is 0. The Bertz CT molecular complexity index is 1290. The van der Waals surface area contributed by atoms with E-state index in [9.17, 15) is 35.1 Å². The predicted molar refractivity (Wildman–Crippen MR) is 125 cm³/mol. The summed E-state index contributed by atoms with van der Waals surface area (Å²) >= 11 is 0. The van der Waals surface area contributed by atoms with Crippen LogP contribution < -0.4 is 4.74 Å². The first-order chi connectivity index (χ1) is 17.2. The van der Waals surface area contributed by atoms with E-state index < -0.39 is 48.2 Å². The molecule has 0 saturated carbocycles. The van der Waals surface area contributed by atoms with Gasteiger partial charge in [-0.1, -0.05) is 42.5 Å². The number of phenols is 1. The highest BCUT2D eigenvalue weighted by Crippen LogP contribution is 2.47. The van der Waals surface area contributed by atoms with Crippen molar-refractivity contribution in [2.45, 2.75) is 36.3 Å². The number of aromatic hydroxyl groups is 1. The Labute approximate surface area is 210 Å². The van der Waals surface area contributed by atoms with E-state index in [4.69, 9.17) is 14.2 Å². The molecule has 11 heteroatoms. The fourth-order valence-electron chi connectivity index (χ4n) is 4.56. The van der Waals surface area contributed by atoms with Gasteiger partial charge < -0.3 is 45.2 Å². The standard InChI is InChI=1S/C26H22O10.H2O/c27-15-9-5-13(6-10-15)26(18-4-2-1-3-17(18)24(33)36-26)14-7-11-16(12-8-14)34-25-21(30)19(28)20(29)22(35-25)23(31)32;/h1-12,19-22,25,27-30H,(H,31,32);1H2/t19-,20-,21+,22-,25+,26?;/m0./s1. The van der Waals surface area contributed by atoms with Crippen molar-refractivity contribution in [3.63, 3.8) is 0 Å². The molecule has 3 aromatic rings. The van der Waals surface area contributed by atoms with E-state index in [0.29, 0.717) is 22.3 Å². The summed E-state index contributed by atoms with van der Waals surface area (Å²) < 4.78 is 16.7.